The smallest absolute Gasteiger partial charge is 0.253 e. The lowest BCUT2D eigenvalue weighted by atomic mass is 10.0. The summed E-state index contributed by atoms with van der Waals surface area (Å²) >= 11 is 0. The summed E-state index contributed by atoms with van der Waals surface area (Å²) in [5.74, 6) is 0.579. The van der Waals surface area contributed by atoms with E-state index in [0.717, 1.165) is 37.3 Å². The normalized spacial score (nSPS) is 17.4. The summed E-state index contributed by atoms with van der Waals surface area (Å²) in [6, 6.07) is 26.0. The van der Waals surface area contributed by atoms with E-state index < -0.39 is 0 Å². The van der Waals surface area contributed by atoms with Crippen molar-refractivity contribution in [3.63, 3.8) is 0 Å². The Morgan fingerprint density at radius 2 is 1.71 bits per heavy atom. The number of rotatable bonds is 6. The fourth-order valence-electron chi connectivity index (χ4n) is 3.82. The SMILES string of the molecule is O=C(c1ccccc1)N1CC[C@@H](CN[C@H](c2ccccc2)c2ccccn2)C1. The fourth-order valence-corrected chi connectivity index (χ4v) is 3.82. The Morgan fingerprint density at radius 3 is 2.43 bits per heavy atom. The van der Waals surface area contributed by atoms with Crippen LogP contribution in [0.15, 0.2) is 85.1 Å². The molecule has 142 valence electrons. The summed E-state index contributed by atoms with van der Waals surface area (Å²) in [4.78, 5) is 19.2. The first-order valence-electron chi connectivity index (χ1n) is 9.85. The van der Waals surface area contributed by atoms with Crippen LogP contribution in [0.25, 0.3) is 0 Å². The second-order valence-corrected chi connectivity index (χ2v) is 7.28. The van der Waals surface area contributed by atoms with E-state index in [2.05, 4.69) is 40.6 Å². The van der Waals surface area contributed by atoms with E-state index in [9.17, 15) is 4.79 Å². The van der Waals surface area contributed by atoms with Crippen molar-refractivity contribution < 1.29 is 4.79 Å². The molecule has 0 aliphatic carbocycles. The van der Waals surface area contributed by atoms with E-state index in [4.69, 9.17) is 0 Å². The van der Waals surface area contributed by atoms with Crippen LogP contribution in [-0.2, 0) is 0 Å². The number of hydrogen-bond acceptors (Lipinski definition) is 3. The van der Waals surface area contributed by atoms with Gasteiger partial charge < -0.3 is 10.2 Å². The van der Waals surface area contributed by atoms with Gasteiger partial charge in [-0.25, -0.2) is 0 Å². The number of pyridine rings is 1. The molecule has 2 aromatic carbocycles. The van der Waals surface area contributed by atoms with Gasteiger partial charge in [0.25, 0.3) is 5.91 Å². The van der Waals surface area contributed by atoms with Crippen LogP contribution in [-0.4, -0.2) is 35.4 Å². The predicted octanol–water partition coefficient (Wildman–Crippen LogP) is 3.92. The zero-order valence-electron chi connectivity index (χ0n) is 15.9. The van der Waals surface area contributed by atoms with Gasteiger partial charge in [0.1, 0.15) is 0 Å². The number of likely N-dealkylation sites (tertiary alicyclic amines) is 1. The molecule has 2 atom stereocenters. The van der Waals surface area contributed by atoms with Crippen molar-refractivity contribution in [1.29, 1.82) is 0 Å². The summed E-state index contributed by atoms with van der Waals surface area (Å²) in [6.07, 6.45) is 2.86. The maximum absolute atomic E-state index is 12.7. The van der Waals surface area contributed by atoms with Gasteiger partial charge in [-0.05, 0) is 42.2 Å². The van der Waals surface area contributed by atoms with Crippen molar-refractivity contribution in [2.75, 3.05) is 19.6 Å². The molecule has 0 spiro atoms. The molecule has 0 saturated carbocycles. The van der Waals surface area contributed by atoms with Gasteiger partial charge in [-0.3, -0.25) is 9.78 Å². The maximum Gasteiger partial charge on any atom is 0.253 e. The monoisotopic (exact) mass is 371 g/mol. The van der Waals surface area contributed by atoms with Crippen LogP contribution in [0.2, 0.25) is 0 Å². The minimum absolute atomic E-state index is 0.0567. The summed E-state index contributed by atoms with van der Waals surface area (Å²) < 4.78 is 0. The highest BCUT2D eigenvalue weighted by atomic mass is 16.2. The second-order valence-electron chi connectivity index (χ2n) is 7.28. The molecule has 1 saturated heterocycles. The number of nitrogens with one attached hydrogen (secondary N) is 1. The van der Waals surface area contributed by atoms with Crippen molar-refractivity contribution >= 4 is 5.91 Å². The van der Waals surface area contributed by atoms with E-state index in [1.54, 1.807) is 0 Å². The summed E-state index contributed by atoms with van der Waals surface area (Å²) in [5, 5.41) is 3.69. The van der Waals surface area contributed by atoms with Gasteiger partial charge in [-0.2, -0.15) is 0 Å². The Bertz CT molecular complexity index is 844. The molecule has 1 aliphatic rings. The van der Waals surface area contributed by atoms with Crippen molar-refractivity contribution in [2.24, 2.45) is 5.92 Å². The molecule has 0 bridgehead atoms. The molecule has 1 amide bonds. The fraction of sp³-hybridized carbons (Fsp3) is 0.250. The lowest BCUT2D eigenvalue weighted by molar-refractivity contribution is 0.0787. The van der Waals surface area contributed by atoms with Crippen LogP contribution in [0.3, 0.4) is 0 Å². The van der Waals surface area contributed by atoms with Crippen molar-refractivity contribution in [1.82, 2.24) is 15.2 Å². The zero-order chi connectivity index (χ0) is 19.2. The molecule has 2 heterocycles. The van der Waals surface area contributed by atoms with Crippen molar-refractivity contribution in [2.45, 2.75) is 12.5 Å². The quantitative estimate of drug-likeness (QED) is 0.714. The topological polar surface area (TPSA) is 45.2 Å². The number of benzene rings is 2. The molecular formula is C24H25N3O. The Morgan fingerprint density at radius 1 is 1.00 bits per heavy atom. The number of aromatic nitrogens is 1. The predicted molar refractivity (Wildman–Crippen MR) is 111 cm³/mol. The molecule has 28 heavy (non-hydrogen) atoms. The third-order valence-electron chi connectivity index (χ3n) is 5.32. The van der Waals surface area contributed by atoms with Crippen LogP contribution < -0.4 is 5.32 Å². The van der Waals surface area contributed by atoms with Gasteiger partial charge in [0.15, 0.2) is 0 Å². The van der Waals surface area contributed by atoms with Gasteiger partial charge in [0.2, 0.25) is 0 Å². The third-order valence-corrected chi connectivity index (χ3v) is 5.32. The van der Waals surface area contributed by atoms with E-state index in [1.807, 2.05) is 59.6 Å². The van der Waals surface area contributed by atoms with Crippen LogP contribution in [0, 0.1) is 5.92 Å². The standard InChI is InChI=1S/C24H25N3O/c28-24(21-11-5-2-6-12-21)27-16-14-19(18-27)17-26-23(20-9-3-1-4-10-20)22-13-7-8-15-25-22/h1-13,15,19,23,26H,14,16-18H2/t19-,23+/m0/s1. The highest BCUT2D eigenvalue weighted by Crippen LogP contribution is 2.23. The summed E-state index contributed by atoms with van der Waals surface area (Å²) in [5.41, 5.74) is 2.99. The summed E-state index contributed by atoms with van der Waals surface area (Å²) in [7, 11) is 0. The molecular weight excluding hydrogens is 346 g/mol. The van der Waals surface area contributed by atoms with E-state index in [-0.39, 0.29) is 11.9 Å². The first kappa shape index (κ1) is 18.4. The number of amides is 1. The largest absolute Gasteiger partial charge is 0.338 e. The number of carbonyl (C=O) groups is 1. The second kappa shape index (κ2) is 8.81. The molecule has 1 fully saturated rings. The molecule has 0 unspecified atom stereocenters. The number of hydrogen-bond donors (Lipinski definition) is 1. The van der Waals surface area contributed by atoms with E-state index >= 15 is 0 Å². The van der Waals surface area contributed by atoms with Crippen molar-refractivity contribution in [3.05, 3.63) is 102 Å². The average molecular weight is 371 g/mol. The molecule has 1 aromatic heterocycles. The lowest BCUT2D eigenvalue weighted by Crippen LogP contribution is -2.32. The lowest BCUT2D eigenvalue weighted by Gasteiger charge is -2.22. The summed E-state index contributed by atoms with van der Waals surface area (Å²) in [6.45, 7) is 2.47. The highest BCUT2D eigenvalue weighted by molar-refractivity contribution is 5.94. The average Bonchev–Trinajstić information content (AvgIpc) is 3.24. The number of carbonyl (C=O) groups excluding carboxylic acids is 1. The molecule has 1 N–H and O–H groups in total. The maximum atomic E-state index is 12.7. The van der Waals surface area contributed by atoms with Crippen LogP contribution in [0.1, 0.15) is 34.1 Å². The van der Waals surface area contributed by atoms with Gasteiger partial charge in [0.05, 0.1) is 11.7 Å². The number of nitrogens with zero attached hydrogens (tertiary/aromatic N) is 2. The molecule has 4 heteroatoms. The first-order chi connectivity index (χ1) is 13.8. The minimum Gasteiger partial charge on any atom is -0.338 e. The molecule has 4 nitrogen and oxygen atoms in total. The zero-order valence-corrected chi connectivity index (χ0v) is 15.9. The molecule has 3 aromatic rings. The Hall–Kier alpha value is -2.98. The highest BCUT2D eigenvalue weighted by Gasteiger charge is 2.27. The van der Waals surface area contributed by atoms with Gasteiger partial charge >= 0.3 is 0 Å². The molecule has 4 rings (SSSR count). The van der Waals surface area contributed by atoms with Gasteiger partial charge in [-0.15, -0.1) is 0 Å². The van der Waals surface area contributed by atoms with Crippen molar-refractivity contribution in [3.8, 4) is 0 Å². The third kappa shape index (κ3) is 4.29. The molecule has 0 radical (unpaired) electrons. The Kier molecular flexibility index (Phi) is 5.78. The molecule has 1 aliphatic heterocycles. The Balaban J connectivity index is 1.40. The van der Waals surface area contributed by atoms with Crippen LogP contribution in [0.4, 0.5) is 0 Å². The van der Waals surface area contributed by atoms with Gasteiger partial charge in [0, 0.05) is 31.4 Å². The Labute approximate surface area is 166 Å². The van der Waals surface area contributed by atoms with E-state index in [1.165, 1.54) is 5.56 Å². The first-order valence-corrected chi connectivity index (χ1v) is 9.85. The van der Waals surface area contributed by atoms with Crippen LogP contribution >= 0.6 is 0 Å². The van der Waals surface area contributed by atoms with Gasteiger partial charge in [-0.1, -0.05) is 54.6 Å². The van der Waals surface area contributed by atoms with Crippen LogP contribution in [0.5, 0.6) is 0 Å². The minimum atomic E-state index is 0.0567. The van der Waals surface area contributed by atoms with E-state index in [0.29, 0.717) is 5.92 Å².